The molecule has 150 valence electrons. The number of hydrogen-bond donors (Lipinski definition) is 1. The molecule has 0 radical (unpaired) electrons. The number of nitrogens with one attached hydrogen (secondary N) is 1. The summed E-state index contributed by atoms with van der Waals surface area (Å²) in [5, 5.41) is 3.19. The second kappa shape index (κ2) is 7.87. The van der Waals surface area contributed by atoms with Gasteiger partial charge in [0, 0.05) is 5.69 Å². The van der Waals surface area contributed by atoms with Crippen molar-refractivity contribution in [3.8, 4) is 5.75 Å². The molecule has 0 aromatic heterocycles. The van der Waals surface area contributed by atoms with E-state index in [9.17, 15) is 9.59 Å². The summed E-state index contributed by atoms with van der Waals surface area (Å²) in [5.41, 5.74) is 4.57. The van der Waals surface area contributed by atoms with Crippen LogP contribution in [-0.4, -0.2) is 18.9 Å². The molecule has 0 saturated carbocycles. The molecule has 0 spiro atoms. The van der Waals surface area contributed by atoms with Gasteiger partial charge in [-0.2, -0.15) is 0 Å². The number of carbonyl (C=O) groups is 2. The standard InChI is InChI=1S/C25H22N2O3/c1-16-11-13-18(14-12-16)22-23(26-19-8-6-7-17(2)15-19)25(29)27(24(22)28)20-9-4-5-10-21(20)30-3/h4-15,26H,1-3H3. The Bertz CT molecular complexity index is 1160. The van der Waals surface area contributed by atoms with Crippen LogP contribution in [0, 0.1) is 13.8 Å². The van der Waals surface area contributed by atoms with Gasteiger partial charge < -0.3 is 10.1 Å². The number of ether oxygens (including phenoxy) is 1. The molecule has 3 aromatic carbocycles. The highest BCUT2D eigenvalue weighted by atomic mass is 16.5. The van der Waals surface area contributed by atoms with E-state index in [1.165, 1.54) is 12.0 Å². The fraction of sp³-hybridized carbons (Fsp3) is 0.120. The summed E-state index contributed by atoms with van der Waals surface area (Å²) in [6.07, 6.45) is 0. The van der Waals surface area contributed by atoms with Gasteiger partial charge in [-0.25, -0.2) is 4.90 Å². The lowest BCUT2D eigenvalue weighted by atomic mass is 10.0. The average Bonchev–Trinajstić information content (AvgIpc) is 2.98. The predicted octanol–water partition coefficient (Wildman–Crippen LogP) is 4.71. The topological polar surface area (TPSA) is 58.6 Å². The van der Waals surface area contributed by atoms with E-state index in [0.29, 0.717) is 22.6 Å². The Morgan fingerprint density at radius 3 is 2.23 bits per heavy atom. The van der Waals surface area contributed by atoms with Gasteiger partial charge in [0.05, 0.1) is 18.4 Å². The zero-order chi connectivity index (χ0) is 21.3. The van der Waals surface area contributed by atoms with Crippen molar-refractivity contribution in [3.05, 3.63) is 95.2 Å². The van der Waals surface area contributed by atoms with Crippen molar-refractivity contribution in [3.63, 3.8) is 0 Å². The minimum atomic E-state index is -0.415. The molecular weight excluding hydrogens is 376 g/mol. The molecule has 5 heteroatoms. The largest absolute Gasteiger partial charge is 0.495 e. The number of rotatable bonds is 5. The predicted molar refractivity (Wildman–Crippen MR) is 118 cm³/mol. The third-order valence-corrected chi connectivity index (χ3v) is 5.04. The van der Waals surface area contributed by atoms with Crippen molar-refractivity contribution in [2.45, 2.75) is 13.8 Å². The van der Waals surface area contributed by atoms with Crippen LogP contribution in [0.3, 0.4) is 0 Å². The van der Waals surface area contributed by atoms with Gasteiger partial charge >= 0.3 is 0 Å². The highest BCUT2D eigenvalue weighted by Crippen LogP contribution is 2.37. The minimum Gasteiger partial charge on any atom is -0.495 e. The van der Waals surface area contributed by atoms with Crippen LogP contribution in [0.4, 0.5) is 11.4 Å². The average molecular weight is 398 g/mol. The van der Waals surface area contributed by atoms with Gasteiger partial charge in [-0.3, -0.25) is 9.59 Å². The Morgan fingerprint density at radius 2 is 1.53 bits per heavy atom. The maximum atomic E-state index is 13.5. The van der Waals surface area contributed by atoms with Crippen molar-refractivity contribution in [1.29, 1.82) is 0 Å². The van der Waals surface area contributed by atoms with Gasteiger partial charge in [0.25, 0.3) is 11.8 Å². The second-order valence-corrected chi connectivity index (χ2v) is 7.23. The van der Waals surface area contributed by atoms with E-state index in [-0.39, 0.29) is 11.6 Å². The summed E-state index contributed by atoms with van der Waals surface area (Å²) in [6, 6.07) is 22.3. The first-order valence-corrected chi connectivity index (χ1v) is 9.66. The fourth-order valence-corrected chi connectivity index (χ4v) is 3.53. The summed E-state index contributed by atoms with van der Waals surface area (Å²) in [7, 11) is 1.52. The number of amides is 2. The Morgan fingerprint density at radius 1 is 0.800 bits per heavy atom. The lowest BCUT2D eigenvalue weighted by Crippen LogP contribution is -2.32. The number of aryl methyl sites for hydroxylation is 2. The van der Waals surface area contributed by atoms with Crippen LogP contribution in [0.5, 0.6) is 5.75 Å². The first kappa shape index (κ1) is 19.5. The number of methoxy groups -OCH3 is 1. The molecule has 1 N–H and O–H groups in total. The number of nitrogens with zero attached hydrogens (tertiary/aromatic N) is 1. The number of carbonyl (C=O) groups excluding carboxylic acids is 2. The first-order valence-electron chi connectivity index (χ1n) is 9.66. The lowest BCUT2D eigenvalue weighted by Gasteiger charge is -2.18. The molecule has 0 fully saturated rings. The Hall–Kier alpha value is -3.86. The van der Waals surface area contributed by atoms with E-state index in [0.717, 1.165) is 16.8 Å². The SMILES string of the molecule is COc1ccccc1N1C(=O)C(Nc2cccc(C)c2)=C(c2ccc(C)cc2)C1=O. The van der Waals surface area contributed by atoms with E-state index < -0.39 is 5.91 Å². The highest BCUT2D eigenvalue weighted by molar-refractivity contribution is 6.46. The summed E-state index contributed by atoms with van der Waals surface area (Å²) in [4.78, 5) is 28.1. The van der Waals surface area contributed by atoms with Gasteiger partial charge in [-0.1, -0.05) is 54.1 Å². The lowest BCUT2D eigenvalue weighted by molar-refractivity contribution is -0.120. The molecule has 0 bridgehead atoms. The van der Waals surface area contributed by atoms with E-state index >= 15 is 0 Å². The minimum absolute atomic E-state index is 0.250. The summed E-state index contributed by atoms with van der Waals surface area (Å²) in [6.45, 7) is 3.95. The summed E-state index contributed by atoms with van der Waals surface area (Å²) >= 11 is 0. The highest BCUT2D eigenvalue weighted by Gasteiger charge is 2.41. The molecule has 30 heavy (non-hydrogen) atoms. The van der Waals surface area contributed by atoms with Crippen molar-refractivity contribution in [2.24, 2.45) is 0 Å². The van der Waals surface area contributed by atoms with E-state index in [1.807, 2.05) is 62.4 Å². The van der Waals surface area contributed by atoms with E-state index in [1.54, 1.807) is 24.3 Å². The van der Waals surface area contributed by atoms with Crippen LogP contribution in [0.2, 0.25) is 0 Å². The van der Waals surface area contributed by atoms with Crippen molar-refractivity contribution in [2.75, 3.05) is 17.3 Å². The zero-order valence-electron chi connectivity index (χ0n) is 17.1. The number of para-hydroxylation sites is 2. The van der Waals surface area contributed by atoms with E-state index in [2.05, 4.69) is 5.32 Å². The quantitative estimate of drug-likeness (QED) is 0.633. The summed E-state index contributed by atoms with van der Waals surface area (Å²) in [5.74, 6) is -0.343. The molecule has 0 unspecified atom stereocenters. The van der Waals surface area contributed by atoms with Gasteiger partial charge in [-0.05, 0) is 49.2 Å². The second-order valence-electron chi connectivity index (χ2n) is 7.23. The van der Waals surface area contributed by atoms with Crippen molar-refractivity contribution >= 4 is 28.8 Å². The zero-order valence-corrected chi connectivity index (χ0v) is 17.1. The molecule has 4 rings (SSSR count). The monoisotopic (exact) mass is 398 g/mol. The molecule has 1 aliphatic heterocycles. The number of benzene rings is 3. The van der Waals surface area contributed by atoms with Gasteiger partial charge in [-0.15, -0.1) is 0 Å². The van der Waals surface area contributed by atoms with Gasteiger partial charge in [0.15, 0.2) is 0 Å². The molecule has 5 nitrogen and oxygen atoms in total. The smallest absolute Gasteiger partial charge is 0.282 e. The maximum Gasteiger partial charge on any atom is 0.282 e. The van der Waals surface area contributed by atoms with Crippen molar-refractivity contribution < 1.29 is 14.3 Å². The molecule has 3 aromatic rings. The van der Waals surface area contributed by atoms with Crippen molar-refractivity contribution in [1.82, 2.24) is 0 Å². The van der Waals surface area contributed by atoms with Gasteiger partial charge in [0.2, 0.25) is 0 Å². The van der Waals surface area contributed by atoms with Crippen LogP contribution < -0.4 is 15.0 Å². The molecular formula is C25H22N2O3. The molecule has 1 heterocycles. The molecule has 1 aliphatic rings. The Balaban J connectivity index is 1.85. The maximum absolute atomic E-state index is 13.5. The molecule has 2 amide bonds. The number of anilines is 2. The number of imide groups is 1. The van der Waals surface area contributed by atoms with Crippen LogP contribution in [0.25, 0.3) is 5.57 Å². The Labute approximate surface area is 175 Å². The third-order valence-electron chi connectivity index (χ3n) is 5.04. The van der Waals surface area contributed by atoms with Gasteiger partial charge in [0.1, 0.15) is 11.4 Å². The molecule has 0 saturated heterocycles. The van der Waals surface area contributed by atoms with Crippen LogP contribution >= 0.6 is 0 Å². The number of hydrogen-bond acceptors (Lipinski definition) is 4. The molecule has 0 aliphatic carbocycles. The molecule has 0 atom stereocenters. The normalized spacial score (nSPS) is 13.8. The van der Waals surface area contributed by atoms with E-state index in [4.69, 9.17) is 4.74 Å². The third kappa shape index (κ3) is 3.46. The summed E-state index contributed by atoms with van der Waals surface area (Å²) < 4.78 is 5.40. The van der Waals surface area contributed by atoms with Crippen LogP contribution in [-0.2, 0) is 9.59 Å². The Kier molecular flexibility index (Phi) is 5.11. The fourth-order valence-electron chi connectivity index (χ4n) is 3.53. The van der Waals surface area contributed by atoms with Crippen LogP contribution in [0.1, 0.15) is 16.7 Å². The first-order chi connectivity index (χ1) is 14.5. The van der Waals surface area contributed by atoms with Crippen LogP contribution in [0.15, 0.2) is 78.5 Å².